The number of hydrogen-bond acceptors (Lipinski definition) is 4. The molecule has 3 rings (SSSR count). The topological polar surface area (TPSA) is 80.9 Å². The molecule has 0 saturated carbocycles. The van der Waals surface area contributed by atoms with Gasteiger partial charge in [0.2, 0.25) is 0 Å². The highest BCUT2D eigenvalue weighted by atomic mass is 16.3. The van der Waals surface area contributed by atoms with Crippen molar-refractivity contribution in [2.75, 3.05) is 0 Å². The van der Waals surface area contributed by atoms with Crippen LogP contribution in [0.2, 0.25) is 0 Å². The van der Waals surface area contributed by atoms with Gasteiger partial charge in [-0.3, -0.25) is 0 Å². The van der Waals surface area contributed by atoms with E-state index in [1.807, 2.05) is 37.3 Å². The molecule has 0 radical (unpaired) electrons. The summed E-state index contributed by atoms with van der Waals surface area (Å²) in [6.45, 7) is 5.25. The molecule has 0 bridgehead atoms. The molecule has 134 valence electrons. The van der Waals surface area contributed by atoms with Crippen molar-refractivity contribution in [2.24, 2.45) is 0 Å². The molecule has 3 aromatic carbocycles. The number of phenols is 4. The van der Waals surface area contributed by atoms with Crippen LogP contribution in [0.5, 0.6) is 23.0 Å². The van der Waals surface area contributed by atoms with Crippen LogP contribution in [-0.2, 0) is 5.41 Å². The number of phenolic OH excluding ortho intramolecular Hbond substituents is 4. The SMILES string of the molecule is Cc1cc(O)c(C(C)(c2ccccc2)c2cc(O)c(C)cc2O)cc1O. The second kappa shape index (κ2) is 6.30. The van der Waals surface area contributed by atoms with Crippen LogP contribution in [0, 0.1) is 13.8 Å². The molecule has 0 aliphatic rings. The van der Waals surface area contributed by atoms with Gasteiger partial charge in [-0.1, -0.05) is 30.3 Å². The minimum Gasteiger partial charge on any atom is -0.508 e. The second-order valence-electron chi connectivity index (χ2n) is 6.80. The van der Waals surface area contributed by atoms with Gasteiger partial charge in [0.25, 0.3) is 0 Å². The van der Waals surface area contributed by atoms with Gasteiger partial charge in [-0.05, 0) is 61.7 Å². The van der Waals surface area contributed by atoms with Gasteiger partial charge >= 0.3 is 0 Å². The molecule has 4 nitrogen and oxygen atoms in total. The van der Waals surface area contributed by atoms with Crippen LogP contribution in [0.15, 0.2) is 54.6 Å². The van der Waals surface area contributed by atoms with E-state index < -0.39 is 5.41 Å². The molecule has 0 aliphatic carbocycles. The molecular weight excluding hydrogens is 328 g/mol. The summed E-state index contributed by atoms with van der Waals surface area (Å²) in [5.41, 5.74) is 1.79. The summed E-state index contributed by atoms with van der Waals surface area (Å²) < 4.78 is 0. The lowest BCUT2D eigenvalue weighted by molar-refractivity contribution is 0.427. The Bertz CT molecular complexity index is 904. The van der Waals surface area contributed by atoms with Crippen LogP contribution in [0.3, 0.4) is 0 Å². The fraction of sp³-hybridized carbons (Fsp3) is 0.182. The highest BCUT2D eigenvalue weighted by Crippen LogP contribution is 2.48. The van der Waals surface area contributed by atoms with E-state index in [4.69, 9.17) is 0 Å². The largest absolute Gasteiger partial charge is 0.508 e. The predicted molar refractivity (Wildman–Crippen MR) is 101 cm³/mol. The zero-order valence-electron chi connectivity index (χ0n) is 15.0. The summed E-state index contributed by atoms with van der Waals surface area (Å²) in [6.07, 6.45) is 0. The number of benzene rings is 3. The number of rotatable bonds is 3. The van der Waals surface area contributed by atoms with E-state index in [2.05, 4.69) is 0 Å². The lowest BCUT2D eigenvalue weighted by Gasteiger charge is -2.33. The maximum Gasteiger partial charge on any atom is 0.120 e. The van der Waals surface area contributed by atoms with E-state index in [1.54, 1.807) is 13.8 Å². The summed E-state index contributed by atoms with van der Waals surface area (Å²) in [6, 6.07) is 15.4. The Labute approximate surface area is 152 Å². The zero-order chi connectivity index (χ0) is 19.1. The Kier molecular flexibility index (Phi) is 4.28. The van der Waals surface area contributed by atoms with Crippen molar-refractivity contribution in [1.82, 2.24) is 0 Å². The van der Waals surface area contributed by atoms with E-state index in [0.717, 1.165) is 5.56 Å². The van der Waals surface area contributed by atoms with Gasteiger partial charge in [-0.25, -0.2) is 0 Å². The Hall–Kier alpha value is -3.14. The standard InChI is InChI=1S/C22H22O4/c1-13-9-20(25)16(11-18(13)23)22(3,15-7-5-4-6-8-15)17-12-19(24)14(2)10-21(17)26/h4-12,23-26H,1-3H3. The second-order valence-corrected chi connectivity index (χ2v) is 6.80. The van der Waals surface area contributed by atoms with Crippen LogP contribution in [0.4, 0.5) is 0 Å². The first-order valence-corrected chi connectivity index (χ1v) is 8.36. The molecule has 0 aliphatic heterocycles. The smallest absolute Gasteiger partial charge is 0.120 e. The molecule has 0 fully saturated rings. The third-order valence-corrected chi connectivity index (χ3v) is 5.06. The maximum absolute atomic E-state index is 10.6. The molecule has 0 heterocycles. The minimum absolute atomic E-state index is 0.00566. The van der Waals surface area contributed by atoms with Gasteiger partial charge in [0.15, 0.2) is 0 Å². The first-order chi connectivity index (χ1) is 12.2. The Balaban J connectivity index is 2.40. The van der Waals surface area contributed by atoms with Gasteiger partial charge in [-0.2, -0.15) is 0 Å². The highest BCUT2D eigenvalue weighted by molar-refractivity contribution is 5.62. The lowest BCUT2D eigenvalue weighted by Crippen LogP contribution is -2.25. The molecule has 0 spiro atoms. The summed E-state index contributed by atoms with van der Waals surface area (Å²) in [5, 5.41) is 41.7. The maximum atomic E-state index is 10.6. The minimum atomic E-state index is -0.994. The van der Waals surface area contributed by atoms with Crippen LogP contribution in [0.25, 0.3) is 0 Å². The van der Waals surface area contributed by atoms with E-state index >= 15 is 0 Å². The van der Waals surface area contributed by atoms with Crippen molar-refractivity contribution in [3.8, 4) is 23.0 Å². The molecule has 4 heteroatoms. The summed E-state index contributed by atoms with van der Waals surface area (Å²) in [5.74, 6) is 0.115. The Morgan fingerprint density at radius 1 is 0.615 bits per heavy atom. The van der Waals surface area contributed by atoms with Crippen molar-refractivity contribution >= 4 is 0 Å². The molecule has 0 saturated heterocycles. The average molecular weight is 350 g/mol. The molecule has 0 aromatic heterocycles. The zero-order valence-corrected chi connectivity index (χ0v) is 15.0. The monoisotopic (exact) mass is 350 g/mol. The van der Waals surface area contributed by atoms with Gasteiger partial charge in [0.05, 0.1) is 0 Å². The molecule has 4 N–H and O–H groups in total. The van der Waals surface area contributed by atoms with E-state index in [1.165, 1.54) is 24.3 Å². The first kappa shape index (κ1) is 17.7. The third kappa shape index (κ3) is 2.73. The van der Waals surface area contributed by atoms with Crippen LogP contribution in [0.1, 0.15) is 34.7 Å². The van der Waals surface area contributed by atoms with E-state index in [0.29, 0.717) is 22.3 Å². The van der Waals surface area contributed by atoms with Crippen molar-refractivity contribution < 1.29 is 20.4 Å². The lowest BCUT2D eigenvalue weighted by atomic mass is 9.70. The Morgan fingerprint density at radius 3 is 1.46 bits per heavy atom. The van der Waals surface area contributed by atoms with Crippen molar-refractivity contribution in [2.45, 2.75) is 26.2 Å². The molecule has 0 unspecified atom stereocenters. The molecular formula is C22H22O4. The van der Waals surface area contributed by atoms with Crippen LogP contribution < -0.4 is 0 Å². The quantitative estimate of drug-likeness (QED) is 0.415. The van der Waals surface area contributed by atoms with Gasteiger partial charge in [-0.15, -0.1) is 0 Å². The average Bonchev–Trinajstić information content (AvgIpc) is 2.61. The van der Waals surface area contributed by atoms with Crippen molar-refractivity contribution in [3.63, 3.8) is 0 Å². The molecule has 0 atom stereocenters. The molecule has 26 heavy (non-hydrogen) atoms. The third-order valence-electron chi connectivity index (χ3n) is 5.06. The molecule has 3 aromatic rings. The van der Waals surface area contributed by atoms with Gasteiger partial charge in [0.1, 0.15) is 23.0 Å². The summed E-state index contributed by atoms with van der Waals surface area (Å²) in [4.78, 5) is 0. The predicted octanol–water partition coefficient (Wildman–Crippen LogP) is 4.48. The number of aryl methyl sites for hydroxylation is 2. The van der Waals surface area contributed by atoms with Gasteiger partial charge < -0.3 is 20.4 Å². The fourth-order valence-corrected chi connectivity index (χ4v) is 3.39. The van der Waals surface area contributed by atoms with Crippen LogP contribution in [-0.4, -0.2) is 20.4 Å². The number of aromatic hydroxyl groups is 4. The van der Waals surface area contributed by atoms with Crippen LogP contribution >= 0.6 is 0 Å². The molecule has 0 amide bonds. The summed E-state index contributed by atoms with van der Waals surface area (Å²) in [7, 11) is 0. The summed E-state index contributed by atoms with van der Waals surface area (Å²) >= 11 is 0. The van der Waals surface area contributed by atoms with E-state index in [-0.39, 0.29) is 23.0 Å². The van der Waals surface area contributed by atoms with Crippen molar-refractivity contribution in [1.29, 1.82) is 0 Å². The number of hydrogen-bond donors (Lipinski definition) is 4. The Morgan fingerprint density at radius 2 is 1.04 bits per heavy atom. The van der Waals surface area contributed by atoms with Crippen molar-refractivity contribution in [3.05, 3.63) is 82.4 Å². The fourth-order valence-electron chi connectivity index (χ4n) is 3.39. The highest BCUT2D eigenvalue weighted by Gasteiger charge is 2.37. The van der Waals surface area contributed by atoms with E-state index in [9.17, 15) is 20.4 Å². The first-order valence-electron chi connectivity index (χ1n) is 8.36. The van der Waals surface area contributed by atoms with Gasteiger partial charge in [0, 0.05) is 16.5 Å². The normalized spacial score (nSPS) is 11.5.